The molecule has 0 aromatic heterocycles. The Kier molecular flexibility index (Phi) is 2.96. The molecule has 0 saturated carbocycles. The first kappa shape index (κ1) is 13.1. The molecule has 0 aromatic carbocycles. The minimum absolute atomic E-state index is 0.0844. The molecule has 2 rings (SSSR count). The first-order chi connectivity index (χ1) is 8.27. The molecule has 1 fully saturated rings. The van der Waals surface area contributed by atoms with Crippen LogP contribution in [-0.2, 0) is 19.4 Å². The van der Waals surface area contributed by atoms with Gasteiger partial charge in [0.05, 0.1) is 11.8 Å². The number of amides is 2. The van der Waals surface area contributed by atoms with Crippen LogP contribution in [-0.4, -0.2) is 49.0 Å². The van der Waals surface area contributed by atoms with Crippen LogP contribution in [0.1, 0.15) is 20.3 Å². The summed E-state index contributed by atoms with van der Waals surface area (Å²) in [6, 6.07) is -0.528. The zero-order valence-corrected chi connectivity index (χ0v) is 11.2. The van der Waals surface area contributed by atoms with Crippen molar-refractivity contribution in [3.05, 3.63) is 11.5 Å². The van der Waals surface area contributed by atoms with E-state index in [1.165, 1.54) is 11.0 Å². The van der Waals surface area contributed by atoms with Gasteiger partial charge in [-0.3, -0.25) is 9.59 Å². The van der Waals surface area contributed by atoms with Crippen LogP contribution in [0, 0.1) is 0 Å². The number of nitrogens with one attached hydrogen (secondary N) is 1. The maximum absolute atomic E-state index is 12.3. The van der Waals surface area contributed by atoms with Crippen molar-refractivity contribution in [2.24, 2.45) is 0 Å². The van der Waals surface area contributed by atoms with E-state index in [-0.39, 0.29) is 24.1 Å². The minimum Gasteiger partial charge on any atom is -0.340 e. The highest BCUT2D eigenvalue weighted by molar-refractivity contribution is 7.94. The molecule has 0 bridgehead atoms. The van der Waals surface area contributed by atoms with Crippen LogP contribution in [0.4, 0.5) is 0 Å². The molecule has 0 aliphatic carbocycles. The lowest BCUT2D eigenvalue weighted by atomic mass is 9.93. The van der Waals surface area contributed by atoms with Gasteiger partial charge in [-0.05, 0) is 19.4 Å². The average Bonchev–Trinajstić information content (AvgIpc) is 2.64. The molecule has 2 aliphatic rings. The van der Waals surface area contributed by atoms with Gasteiger partial charge in [-0.1, -0.05) is 6.92 Å². The second-order valence-corrected chi connectivity index (χ2v) is 6.82. The van der Waals surface area contributed by atoms with Crippen LogP contribution >= 0.6 is 0 Å². The molecule has 2 atom stereocenters. The first-order valence-electron chi connectivity index (χ1n) is 5.80. The summed E-state index contributed by atoms with van der Waals surface area (Å²) >= 11 is 0. The molecule has 2 unspecified atom stereocenters. The topological polar surface area (TPSA) is 83.6 Å². The molecule has 100 valence electrons. The maximum atomic E-state index is 12.3. The lowest BCUT2D eigenvalue weighted by Crippen LogP contribution is -2.66. The fourth-order valence-electron chi connectivity index (χ4n) is 2.21. The molecule has 2 amide bonds. The smallest absolute Gasteiger partial charge is 0.249 e. The number of hydrogen-bond acceptors (Lipinski definition) is 4. The number of rotatable bonds is 2. The Morgan fingerprint density at radius 1 is 1.50 bits per heavy atom. The number of carbonyl (C=O) groups is 2. The number of piperazine rings is 1. The second-order valence-electron chi connectivity index (χ2n) is 4.89. The summed E-state index contributed by atoms with van der Waals surface area (Å²) in [6.45, 7) is 3.38. The van der Waals surface area contributed by atoms with Crippen molar-refractivity contribution in [2.75, 3.05) is 12.3 Å². The summed E-state index contributed by atoms with van der Waals surface area (Å²) < 4.78 is 22.8. The van der Waals surface area contributed by atoms with Crippen molar-refractivity contribution >= 4 is 21.7 Å². The minimum atomic E-state index is -3.24. The molecule has 1 saturated heterocycles. The van der Waals surface area contributed by atoms with Crippen molar-refractivity contribution in [2.45, 2.75) is 31.8 Å². The molecule has 0 aromatic rings. The molecule has 7 heteroatoms. The highest BCUT2D eigenvalue weighted by atomic mass is 32.2. The number of carbonyl (C=O) groups excluding carboxylic acids is 2. The SMILES string of the molecule is CCC1(C)NC(=O)CN(C2C=CS(=O)(=O)C2)C1=O. The van der Waals surface area contributed by atoms with Crippen LogP contribution < -0.4 is 5.32 Å². The van der Waals surface area contributed by atoms with E-state index in [0.29, 0.717) is 6.42 Å². The quantitative estimate of drug-likeness (QED) is 0.729. The van der Waals surface area contributed by atoms with E-state index in [2.05, 4.69) is 5.32 Å². The van der Waals surface area contributed by atoms with Gasteiger partial charge in [-0.25, -0.2) is 8.42 Å². The predicted octanol–water partition coefficient (Wildman–Crippen LogP) is -0.576. The van der Waals surface area contributed by atoms with Crippen molar-refractivity contribution in [1.82, 2.24) is 10.2 Å². The van der Waals surface area contributed by atoms with Gasteiger partial charge in [-0.15, -0.1) is 0 Å². The van der Waals surface area contributed by atoms with Crippen LogP contribution in [0.25, 0.3) is 0 Å². The largest absolute Gasteiger partial charge is 0.340 e. The Balaban J connectivity index is 2.26. The van der Waals surface area contributed by atoms with Crippen molar-refractivity contribution in [3.8, 4) is 0 Å². The Morgan fingerprint density at radius 3 is 2.67 bits per heavy atom. The number of sulfone groups is 1. The van der Waals surface area contributed by atoms with E-state index in [9.17, 15) is 18.0 Å². The van der Waals surface area contributed by atoms with Gasteiger partial charge in [-0.2, -0.15) is 0 Å². The fraction of sp³-hybridized carbons (Fsp3) is 0.636. The molecule has 18 heavy (non-hydrogen) atoms. The molecule has 2 heterocycles. The van der Waals surface area contributed by atoms with Crippen LogP contribution in [0.5, 0.6) is 0 Å². The molecular formula is C11H16N2O4S. The van der Waals surface area contributed by atoms with E-state index < -0.39 is 21.4 Å². The summed E-state index contributed by atoms with van der Waals surface area (Å²) in [5.74, 6) is -0.612. The molecule has 2 aliphatic heterocycles. The number of nitrogens with zero attached hydrogens (tertiary/aromatic N) is 1. The monoisotopic (exact) mass is 272 g/mol. The third-order valence-electron chi connectivity index (χ3n) is 3.48. The Bertz CT molecular complexity index is 525. The van der Waals surface area contributed by atoms with Crippen molar-refractivity contribution < 1.29 is 18.0 Å². The maximum Gasteiger partial charge on any atom is 0.249 e. The summed E-state index contributed by atoms with van der Waals surface area (Å²) in [6.07, 6.45) is 1.94. The number of hydrogen-bond donors (Lipinski definition) is 1. The van der Waals surface area contributed by atoms with Gasteiger partial charge in [0, 0.05) is 5.41 Å². The van der Waals surface area contributed by atoms with Gasteiger partial charge in [0.1, 0.15) is 12.1 Å². The van der Waals surface area contributed by atoms with E-state index in [1.54, 1.807) is 6.92 Å². The third-order valence-corrected chi connectivity index (χ3v) is 4.86. The summed E-state index contributed by atoms with van der Waals surface area (Å²) in [5.41, 5.74) is -0.935. The Labute approximate surface area is 106 Å². The average molecular weight is 272 g/mol. The van der Waals surface area contributed by atoms with Gasteiger partial charge in [0.25, 0.3) is 0 Å². The zero-order chi connectivity index (χ0) is 13.6. The van der Waals surface area contributed by atoms with Gasteiger partial charge < -0.3 is 10.2 Å². The summed E-state index contributed by atoms with van der Waals surface area (Å²) in [5, 5.41) is 3.77. The van der Waals surface area contributed by atoms with Crippen LogP contribution in [0.2, 0.25) is 0 Å². The molecule has 0 radical (unpaired) electrons. The highest BCUT2D eigenvalue weighted by Crippen LogP contribution is 2.23. The fourth-order valence-corrected chi connectivity index (χ4v) is 3.50. The normalized spacial score (nSPS) is 34.8. The first-order valence-corrected chi connectivity index (χ1v) is 7.52. The van der Waals surface area contributed by atoms with Gasteiger partial charge >= 0.3 is 0 Å². The summed E-state index contributed by atoms with van der Waals surface area (Å²) in [4.78, 5) is 25.3. The third kappa shape index (κ3) is 2.14. The highest BCUT2D eigenvalue weighted by Gasteiger charge is 2.44. The molecular weight excluding hydrogens is 256 g/mol. The molecule has 0 spiro atoms. The van der Waals surface area contributed by atoms with E-state index in [4.69, 9.17) is 0 Å². The molecule has 6 nitrogen and oxygen atoms in total. The van der Waals surface area contributed by atoms with E-state index in [1.807, 2.05) is 6.92 Å². The molecule has 1 N–H and O–H groups in total. The Hall–Kier alpha value is -1.37. The van der Waals surface area contributed by atoms with Gasteiger partial charge in [0.2, 0.25) is 11.8 Å². The summed E-state index contributed by atoms with van der Waals surface area (Å²) in [7, 11) is -3.24. The Morgan fingerprint density at radius 2 is 2.17 bits per heavy atom. The van der Waals surface area contributed by atoms with Crippen LogP contribution in [0.15, 0.2) is 11.5 Å². The standard InChI is InChI=1S/C11H16N2O4S/c1-3-11(2)10(15)13(6-9(14)12-11)8-4-5-18(16,17)7-8/h4-5,8H,3,6-7H2,1-2H3,(H,12,14). The lowest BCUT2D eigenvalue weighted by molar-refractivity contribution is -0.150. The second kappa shape index (κ2) is 4.08. The van der Waals surface area contributed by atoms with Gasteiger partial charge in [0.15, 0.2) is 9.84 Å². The van der Waals surface area contributed by atoms with Crippen LogP contribution in [0.3, 0.4) is 0 Å². The zero-order valence-electron chi connectivity index (χ0n) is 10.3. The van der Waals surface area contributed by atoms with Crippen molar-refractivity contribution in [1.29, 1.82) is 0 Å². The van der Waals surface area contributed by atoms with Crippen molar-refractivity contribution in [3.63, 3.8) is 0 Å². The predicted molar refractivity (Wildman–Crippen MR) is 65.3 cm³/mol. The lowest BCUT2D eigenvalue weighted by Gasteiger charge is -2.41. The van der Waals surface area contributed by atoms with E-state index >= 15 is 0 Å². The van der Waals surface area contributed by atoms with E-state index in [0.717, 1.165) is 5.41 Å².